The van der Waals surface area contributed by atoms with E-state index in [1.165, 1.54) is 17.2 Å². The molecule has 2 aliphatic rings. The van der Waals surface area contributed by atoms with Crippen molar-refractivity contribution in [2.75, 3.05) is 11.4 Å². The van der Waals surface area contributed by atoms with Crippen LogP contribution in [0.2, 0.25) is 0 Å². The van der Waals surface area contributed by atoms with E-state index in [0.717, 1.165) is 5.69 Å². The van der Waals surface area contributed by atoms with Crippen molar-refractivity contribution in [3.05, 3.63) is 71.0 Å². The molecule has 1 saturated heterocycles. The van der Waals surface area contributed by atoms with E-state index in [9.17, 15) is 9.18 Å². The van der Waals surface area contributed by atoms with Gasteiger partial charge in [-0.25, -0.2) is 4.39 Å². The van der Waals surface area contributed by atoms with Crippen LogP contribution < -0.4 is 10.2 Å². The van der Waals surface area contributed by atoms with Crippen LogP contribution in [0.1, 0.15) is 37.0 Å². The Morgan fingerprint density at radius 2 is 1.96 bits per heavy atom. The highest BCUT2D eigenvalue weighted by molar-refractivity contribution is 5.84. The summed E-state index contributed by atoms with van der Waals surface area (Å²) in [6.07, 6.45) is 4.20. The summed E-state index contributed by atoms with van der Waals surface area (Å²) in [5, 5.41) is 3.22. The van der Waals surface area contributed by atoms with E-state index in [1.807, 2.05) is 12.1 Å². The van der Waals surface area contributed by atoms with Gasteiger partial charge >= 0.3 is 0 Å². The van der Waals surface area contributed by atoms with Crippen LogP contribution in [0.4, 0.5) is 10.1 Å². The monoisotopic (exact) mass is 350 g/mol. The standard InChI is InChI=1S/C22H23FN2O/c1-15-8-9-19-17(14-15)21(2,3)22(24-20(26)11-13-25(19)22)12-10-16-6-4-5-7-18(16)23/h4-10,12,14H,11,13H2,1-3H3,(H,24,26)/b12-10+/t22-/m0/s1. The van der Waals surface area contributed by atoms with Gasteiger partial charge in [-0.3, -0.25) is 4.79 Å². The van der Waals surface area contributed by atoms with Gasteiger partial charge in [0.15, 0.2) is 0 Å². The summed E-state index contributed by atoms with van der Waals surface area (Å²) in [6, 6.07) is 13.1. The van der Waals surface area contributed by atoms with E-state index in [-0.39, 0.29) is 17.1 Å². The van der Waals surface area contributed by atoms with Crippen molar-refractivity contribution in [1.29, 1.82) is 0 Å². The molecule has 1 N–H and O–H groups in total. The summed E-state index contributed by atoms with van der Waals surface area (Å²) in [5.74, 6) is -0.241. The summed E-state index contributed by atoms with van der Waals surface area (Å²) in [4.78, 5) is 14.6. The second-order valence-electron chi connectivity index (χ2n) is 7.72. The van der Waals surface area contributed by atoms with Crippen molar-refractivity contribution >= 4 is 17.7 Å². The molecule has 0 saturated carbocycles. The number of rotatable bonds is 2. The first-order valence-electron chi connectivity index (χ1n) is 8.99. The third-order valence-corrected chi connectivity index (χ3v) is 5.80. The number of halogens is 1. The fourth-order valence-electron chi connectivity index (χ4n) is 4.29. The van der Waals surface area contributed by atoms with Crippen LogP contribution in [-0.4, -0.2) is 18.1 Å². The second kappa shape index (κ2) is 5.70. The van der Waals surface area contributed by atoms with E-state index in [1.54, 1.807) is 18.2 Å². The number of aryl methyl sites for hydroxylation is 1. The molecule has 2 aromatic carbocycles. The third-order valence-electron chi connectivity index (χ3n) is 5.80. The zero-order valence-corrected chi connectivity index (χ0v) is 15.3. The molecule has 2 aromatic rings. The maximum absolute atomic E-state index is 14.1. The first kappa shape index (κ1) is 16.8. The predicted octanol–water partition coefficient (Wildman–Crippen LogP) is 4.16. The number of carbonyl (C=O) groups excluding carboxylic acids is 1. The second-order valence-corrected chi connectivity index (χ2v) is 7.72. The zero-order chi connectivity index (χ0) is 18.5. The number of hydrogen-bond donors (Lipinski definition) is 1. The zero-order valence-electron chi connectivity index (χ0n) is 15.3. The molecule has 3 nitrogen and oxygen atoms in total. The molecule has 26 heavy (non-hydrogen) atoms. The van der Waals surface area contributed by atoms with Crippen molar-refractivity contribution in [2.45, 2.75) is 38.3 Å². The van der Waals surface area contributed by atoms with Crippen LogP contribution >= 0.6 is 0 Å². The molecular formula is C22H23FN2O. The van der Waals surface area contributed by atoms with E-state index in [2.05, 4.69) is 49.2 Å². The molecule has 4 rings (SSSR count). The van der Waals surface area contributed by atoms with Crippen molar-refractivity contribution in [3.8, 4) is 0 Å². The highest BCUT2D eigenvalue weighted by atomic mass is 19.1. The Balaban J connectivity index is 1.88. The van der Waals surface area contributed by atoms with Gasteiger partial charge in [-0.05, 0) is 30.7 Å². The highest BCUT2D eigenvalue weighted by Gasteiger charge is 2.57. The summed E-state index contributed by atoms with van der Waals surface area (Å²) < 4.78 is 14.1. The lowest BCUT2D eigenvalue weighted by Crippen LogP contribution is -2.68. The van der Waals surface area contributed by atoms with Gasteiger partial charge in [-0.1, -0.05) is 55.8 Å². The lowest BCUT2D eigenvalue weighted by atomic mass is 9.74. The van der Waals surface area contributed by atoms with E-state index in [0.29, 0.717) is 18.5 Å². The van der Waals surface area contributed by atoms with Gasteiger partial charge in [0.2, 0.25) is 5.91 Å². The molecule has 0 unspecified atom stereocenters. The van der Waals surface area contributed by atoms with Crippen molar-refractivity contribution in [1.82, 2.24) is 5.32 Å². The number of hydrogen-bond acceptors (Lipinski definition) is 2. The first-order valence-corrected chi connectivity index (χ1v) is 8.99. The average Bonchev–Trinajstić information content (AvgIpc) is 2.79. The fourth-order valence-corrected chi connectivity index (χ4v) is 4.29. The average molecular weight is 350 g/mol. The predicted molar refractivity (Wildman–Crippen MR) is 102 cm³/mol. The quantitative estimate of drug-likeness (QED) is 0.882. The van der Waals surface area contributed by atoms with E-state index < -0.39 is 5.66 Å². The molecule has 0 bridgehead atoms. The van der Waals surface area contributed by atoms with Crippen LogP contribution in [0.5, 0.6) is 0 Å². The van der Waals surface area contributed by atoms with Crippen LogP contribution in [0.25, 0.3) is 6.08 Å². The van der Waals surface area contributed by atoms with Crippen molar-refractivity contribution in [2.24, 2.45) is 0 Å². The molecular weight excluding hydrogens is 327 g/mol. The molecule has 134 valence electrons. The summed E-state index contributed by atoms with van der Waals surface area (Å²) in [7, 11) is 0. The molecule has 0 radical (unpaired) electrons. The number of amides is 1. The molecule has 1 atom stereocenters. The van der Waals surface area contributed by atoms with Crippen LogP contribution in [0, 0.1) is 12.7 Å². The molecule has 1 fully saturated rings. The minimum absolute atomic E-state index is 0.0250. The minimum Gasteiger partial charge on any atom is -0.344 e. The SMILES string of the molecule is Cc1ccc2c(c1)C(C)(C)[C@@]1(/C=C/c3ccccc3F)NC(=O)CCN21. The maximum Gasteiger partial charge on any atom is 0.223 e. The van der Waals surface area contributed by atoms with Crippen molar-refractivity contribution < 1.29 is 9.18 Å². The smallest absolute Gasteiger partial charge is 0.223 e. The Kier molecular flexibility index (Phi) is 3.69. The van der Waals surface area contributed by atoms with Gasteiger partial charge in [-0.15, -0.1) is 0 Å². The van der Waals surface area contributed by atoms with Gasteiger partial charge in [0, 0.05) is 29.6 Å². The number of carbonyl (C=O) groups is 1. The first-order chi connectivity index (χ1) is 12.3. The van der Waals surface area contributed by atoms with Gasteiger partial charge in [0.25, 0.3) is 0 Å². The number of fused-ring (bicyclic) bond motifs is 3. The molecule has 0 aliphatic carbocycles. The Morgan fingerprint density at radius 1 is 1.19 bits per heavy atom. The molecule has 0 spiro atoms. The lowest BCUT2D eigenvalue weighted by Gasteiger charge is -2.49. The topological polar surface area (TPSA) is 32.3 Å². The minimum atomic E-state index is -0.708. The Morgan fingerprint density at radius 3 is 2.73 bits per heavy atom. The highest BCUT2D eigenvalue weighted by Crippen LogP contribution is 2.52. The van der Waals surface area contributed by atoms with E-state index in [4.69, 9.17) is 0 Å². The molecule has 1 amide bonds. The number of anilines is 1. The van der Waals surface area contributed by atoms with Gasteiger partial charge < -0.3 is 10.2 Å². The maximum atomic E-state index is 14.1. The van der Waals surface area contributed by atoms with E-state index >= 15 is 0 Å². The van der Waals surface area contributed by atoms with Gasteiger partial charge in [0.1, 0.15) is 11.5 Å². The number of nitrogens with zero attached hydrogens (tertiary/aromatic N) is 1. The molecule has 4 heteroatoms. The Hall–Kier alpha value is -2.62. The van der Waals surface area contributed by atoms with Crippen LogP contribution in [0.15, 0.2) is 48.5 Å². The number of nitrogens with one attached hydrogen (secondary N) is 1. The third kappa shape index (κ3) is 2.28. The van der Waals surface area contributed by atoms with Gasteiger partial charge in [0.05, 0.1) is 0 Å². The normalized spacial score (nSPS) is 23.7. The lowest BCUT2D eigenvalue weighted by molar-refractivity contribution is -0.124. The summed E-state index contributed by atoms with van der Waals surface area (Å²) in [6.45, 7) is 7.01. The Bertz CT molecular complexity index is 918. The van der Waals surface area contributed by atoms with Crippen LogP contribution in [-0.2, 0) is 10.2 Å². The summed E-state index contributed by atoms with van der Waals surface area (Å²) >= 11 is 0. The summed E-state index contributed by atoms with van der Waals surface area (Å²) in [5.41, 5.74) is 2.99. The van der Waals surface area contributed by atoms with Crippen molar-refractivity contribution in [3.63, 3.8) is 0 Å². The fraction of sp³-hybridized carbons (Fsp3) is 0.318. The molecule has 2 heterocycles. The number of benzene rings is 2. The Labute approximate surface area is 153 Å². The van der Waals surface area contributed by atoms with Gasteiger partial charge in [-0.2, -0.15) is 0 Å². The van der Waals surface area contributed by atoms with Crippen LogP contribution in [0.3, 0.4) is 0 Å². The largest absolute Gasteiger partial charge is 0.344 e. The molecule has 0 aromatic heterocycles. The molecule has 2 aliphatic heterocycles.